The van der Waals surface area contributed by atoms with Gasteiger partial charge in [0.25, 0.3) is 0 Å². The number of hydrogen-bond acceptors (Lipinski definition) is 6. The summed E-state index contributed by atoms with van der Waals surface area (Å²) in [5, 5.41) is 14.2. The molecule has 0 saturated carbocycles. The van der Waals surface area contributed by atoms with E-state index in [0.717, 1.165) is 11.0 Å². The standard InChI is InChI=1S/C6H3ClN6O2/c7-5-4(13(14)15)6(10-2-9-5)12-3-8-1-11-12/h1-3H. The molecule has 0 radical (unpaired) electrons. The van der Waals surface area contributed by atoms with Crippen LogP contribution in [0, 0.1) is 10.1 Å². The van der Waals surface area contributed by atoms with E-state index in [-0.39, 0.29) is 11.0 Å². The molecule has 2 heterocycles. The van der Waals surface area contributed by atoms with Crippen molar-refractivity contribution in [2.75, 3.05) is 0 Å². The Labute approximate surface area is 87.7 Å². The van der Waals surface area contributed by atoms with Crippen LogP contribution in [0.1, 0.15) is 0 Å². The third kappa shape index (κ3) is 1.62. The minimum Gasteiger partial charge on any atom is -0.258 e. The Bertz CT molecular complexity index is 498. The van der Waals surface area contributed by atoms with Crippen LogP contribution in [-0.2, 0) is 0 Å². The molecule has 0 aliphatic heterocycles. The summed E-state index contributed by atoms with van der Waals surface area (Å²) in [6, 6.07) is 0. The first-order valence-electron chi connectivity index (χ1n) is 3.70. The molecule has 2 aromatic rings. The Hall–Kier alpha value is -2.09. The number of hydrogen-bond donors (Lipinski definition) is 0. The van der Waals surface area contributed by atoms with Crippen molar-refractivity contribution in [2.24, 2.45) is 0 Å². The highest BCUT2D eigenvalue weighted by Gasteiger charge is 2.23. The zero-order valence-corrected chi connectivity index (χ0v) is 7.87. The lowest BCUT2D eigenvalue weighted by atomic mass is 10.5. The average molecular weight is 227 g/mol. The third-order valence-electron chi connectivity index (χ3n) is 1.58. The van der Waals surface area contributed by atoms with Crippen molar-refractivity contribution in [1.29, 1.82) is 0 Å². The Balaban J connectivity index is 2.66. The molecule has 9 heteroatoms. The molecule has 0 aromatic carbocycles. The first kappa shape index (κ1) is 9.46. The summed E-state index contributed by atoms with van der Waals surface area (Å²) in [5.41, 5.74) is -0.398. The first-order valence-corrected chi connectivity index (χ1v) is 4.08. The lowest BCUT2D eigenvalue weighted by Crippen LogP contribution is -2.04. The Morgan fingerprint density at radius 2 is 2.20 bits per heavy atom. The van der Waals surface area contributed by atoms with Crippen LogP contribution in [0.25, 0.3) is 5.82 Å². The number of nitro groups is 1. The van der Waals surface area contributed by atoms with Crippen molar-refractivity contribution in [1.82, 2.24) is 24.7 Å². The Kier molecular flexibility index (Phi) is 2.26. The summed E-state index contributed by atoms with van der Waals surface area (Å²) in [6.07, 6.45) is 3.64. The molecule has 8 nitrogen and oxygen atoms in total. The van der Waals surface area contributed by atoms with Crippen molar-refractivity contribution in [3.05, 3.63) is 34.2 Å². The number of rotatable bonds is 2. The molecule has 76 valence electrons. The summed E-state index contributed by atoms with van der Waals surface area (Å²) in [5.74, 6) is -0.0162. The summed E-state index contributed by atoms with van der Waals surface area (Å²) in [7, 11) is 0. The van der Waals surface area contributed by atoms with E-state index in [4.69, 9.17) is 11.6 Å². The van der Waals surface area contributed by atoms with Crippen molar-refractivity contribution >= 4 is 17.3 Å². The van der Waals surface area contributed by atoms with Gasteiger partial charge in [0.15, 0.2) is 0 Å². The summed E-state index contributed by atoms with van der Waals surface area (Å²) < 4.78 is 1.14. The lowest BCUT2D eigenvalue weighted by molar-refractivity contribution is -0.385. The van der Waals surface area contributed by atoms with E-state index in [1.165, 1.54) is 12.7 Å². The highest BCUT2D eigenvalue weighted by Crippen LogP contribution is 2.26. The molecular formula is C6H3ClN6O2. The maximum Gasteiger partial charge on any atom is 0.350 e. The number of nitrogens with zero attached hydrogens (tertiary/aromatic N) is 6. The monoisotopic (exact) mass is 226 g/mol. The molecule has 2 aromatic heterocycles. The van der Waals surface area contributed by atoms with Crippen molar-refractivity contribution in [3.8, 4) is 5.82 Å². The van der Waals surface area contributed by atoms with Gasteiger partial charge < -0.3 is 0 Å². The fourth-order valence-electron chi connectivity index (χ4n) is 0.991. The van der Waals surface area contributed by atoms with Gasteiger partial charge in [-0.3, -0.25) is 10.1 Å². The van der Waals surface area contributed by atoms with E-state index < -0.39 is 10.6 Å². The normalized spacial score (nSPS) is 10.2. The predicted molar refractivity (Wildman–Crippen MR) is 48.6 cm³/mol. The van der Waals surface area contributed by atoms with Crippen LogP contribution >= 0.6 is 11.6 Å². The Morgan fingerprint density at radius 3 is 2.80 bits per heavy atom. The minimum absolute atomic E-state index is 0.0162. The largest absolute Gasteiger partial charge is 0.350 e. The smallest absolute Gasteiger partial charge is 0.258 e. The van der Waals surface area contributed by atoms with Crippen LogP contribution in [0.4, 0.5) is 5.69 Å². The second-order valence-electron chi connectivity index (χ2n) is 2.43. The van der Waals surface area contributed by atoms with E-state index in [0.29, 0.717) is 0 Å². The van der Waals surface area contributed by atoms with Gasteiger partial charge in [0.05, 0.1) is 4.92 Å². The molecule has 0 unspecified atom stereocenters. The Morgan fingerprint density at radius 1 is 1.40 bits per heavy atom. The van der Waals surface area contributed by atoms with Gasteiger partial charge in [-0.25, -0.2) is 15.0 Å². The average Bonchev–Trinajstić information content (AvgIpc) is 2.69. The van der Waals surface area contributed by atoms with Gasteiger partial charge in [0.2, 0.25) is 11.0 Å². The van der Waals surface area contributed by atoms with Gasteiger partial charge >= 0.3 is 5.69 Å². The molecule has 2 rings (SSSR count). The van der Waals surface area contributed by atoms with Crippen LogP contribution in [0.3, 0.4) is 0 Å². The number of aromatic nitrogens is 5. The highest BCUT2D eigenvalue weighted by atomic mass is 35.5. The predicted octanol–water partition coefficient (Wildman–Crippen LogP) is 0.619. The van der Waals surface area contributed by atoms with Crippen molar-refractivity contribution in [3.63, 3.8) is 0 Å². The SMILES string of the molecule is O=[N+]([O-])c1c(Cl)ncnc1-n1cncn1. The van der Waals surface area contributed by atoms with Crippen molar-refractivity contribution < 1.29 is 4.92 Å². The van der Waals surface area contributed by atoms with E-state index in [1.807, 2.05) is 0 Å². The molecule has 0 atom stereocenters. The number of halogens is 1. The van der Waals surface area contributed by atoms with Crippen LogP contribution < -0.4 is 0 Å². The highest BCUT2D eigenvalue weighted by molar-refractivity contribution is 6.31. The van der Waals surface area contributed by atoms with E-state index in [1.54, 1.807) is 0 Å². The molecule has 0 aliphatic carbocycles. The second kappa shape index (κ2) is 3.58. The van der Waals surface area contributed by atoms with E-state index in [2.05, 4.69) is 20.1 Å². The van der Waals surface area contributed by atoms with Crippen LogP contribution in [0.2, 0.25) is 5.15 Å². The van der Waals surface area contributed by atoms with Crippen LogP contribution in [0.5, 0.6) is 0 Å². The molecular weight excluding hydrogens is 224 g/mol. The first-order chi connectivity index (χ1) is 7.20. The van der Waals surface area contributed by atoms with E-state index in [9.17, 15) is 10.1 Å². The fourth-order valence-corrected chi connectivity index (χ4v) is 1.19. The van der Waals surface area contributed by atoms with Gasteiger partial charge in [-0.15, -0.1) is 0 Å². The van der Waals surface area contributed by atoms with Crippen LogP contribution in [-0.4, -0.2) is 29.7 Å². The molecule has 0 spiro atoms. The molecule has 0 saturated heterocycles. The van der Waals surface area contributed by atoms with Gasteiger partial charge in [-0.2, -0.15) is 9.78 Å². The second-order valence-corrected chi connectivity index (χ2v) is 2.79. The zero-order chi connectivity index (χ0) is 10.8. The molecule has 0 amide bonds. The van der Waals surface area contributed by atoms with Crippen molar-refractivity contribution in [2.45, 2.75) is 0 Å². The van der Waals surface area contributed by atoms with Gasteiger partial charge in [0, 0.05) is 0 Å². The van der Waals surface area contributed by atoms with E-state index >= 15 is 0 Å². The van der Waals surface area contributed by atoms with Gasteiger partial charge in [0.1, 0.15) is 19.0 Å². The van der Waals surface area contributed by atoms with Gasteiger partial charge in [-0.1, -0.05) is 11.6 Å². The fraction of sp³-hybridized carbons (Fsp3) is 0. The maximum absolute atomic E-state index is 10.7. The third-order valence-corrected chi connectivity index (χ3v) is 1.85. The molecule has 15 heavy (non-hydrogen) atoms. The quantitative estimate of drug-likeness (QED) is 0.423. The van der Waals surface area contributed by atoms with Gasteiger partial charge in [-0.05, 0) is 0 Å². The topological polar surface area (TPSA) is 99.6 Å². The zero-order valence-electron chi connectivity index (χ0n) is 7.11. The lowest BCUT2D eigenvalue weighted by Gasteiger charge is -2.00. The summed E-state index contributed by atoms with van der Waals surface area (Å²) in [4.78, 5) is 21.0. The molecule has 0 aliphatic rings. The molecule has 0 bridgehead atoms. The molecule has 0 N–H and O–H groups in total. The van der Waals surface area contributed by atoms with Crippen LogP contribution in [0.15, 0.2) is 19.0 Å². The summed E-state index contributed by atoms with van der Waals surface area (Å²) >= 11 is 5.59. The maximum atomic E-state index is 10.7. The minimum atomic E-state index is -0.667. The summed E-state index contributed by atoms with van der Waals surface area (Å²) in [6.45, 7) is 0. The molecule has 0 fully saturated rings.